The van der Waals surface area contributed by atoms with E-state index in [0.29, 0.717) is 12.1 Å². The van der Waals surface area contributed by atoms with Gasteiger partial charge in [-0.3, -0.25) is 0 Å². The molecule has 0 saturated heterocycles. The third-order valence-electron chi connectivity index (χ3n) is 3.03. The van der Waals surface area contributed by atoms with Crippen molar-refractivity contribution in [2.75, 3.05) is 13.7 Å². The molecule has 2 nitrogen and oxygen atoms in total. The average Bonchev–Trinajstić information content (AvgIpc) is 3.06. The van der Waals surface area contributed by atoms with Gasteiger partial charge in [0.05, 0.1) is 0 Å². The molecule has 0 amide bonds. The van der Waals surface area contributed by atoms with Gasteiger partial charge < -0.3 is 10.8 Å². The smallest absolute Gasteiger partial charge is 0.126 e. The minimum atomic E-state index is -0.114. The summed E-state index contributed by atoms with van der Waals surface area (Å²) < 4.78 is 13.2. The molecule has 0 heterocycles. The molecule has 0 atom stereocenters. The van der Waals surface area contributed by atoms with Crippen LogP contribution in [0.25, 0.3) is 0 Å². The number of benzene rings is 1. The second-order valence-electron chi connectivity index (χ2n) is 3.95. The van der Waals surface area contributed by atoms with E-state index >= 15 is 0 Å². The lowest BCUT2D eigenvalue weighted by atomic mass is 9.95. The highest BCUT2D eigenvalue weighted by molar-refractivity contribution is 5.34. The van der Waals surface area contributed by atoms with E-state index in [9.17, 15) is 4.39 Å². The van der Waals surface area contributed by atoms with Crippen LogP contribution >= 0.6 is 0 Å². The molecule has 1 aromatic rings. The topological polar surface area (TPSA) is 46.2 Å². The molecule has 1 aliphatic carbocycles. The average molecular weight is 211 g/mol. The Hall–Kier alpha value is -0.930. The van der Waals surface area contributed by atoms with Crippen molar-refractivity contribution in [2.24, 2.45) is 5.73 Å². The van der Waals surface area contributed by atoms with Gasteiger partial charge in [0.25, 0.3) is 0 Å². The van der Waals surface area contributed by atoms with E-state index in [2.05, 4.69) is 0 Å². The summed E-state index contributed by atoms with van der Waals surface area (Å²) in [4.78, 5) is 0. The zero-order valence-corrected chi connectivity index (χ0v) is 9.26. The maximum atomic E-state index is 13.2. The summed E-state index contributed by atoms with van der Waals surface area (Å²) in [5, 5.41) is 7.00. The number of aliphatic hydroxyl groups is 1. The van der Waals surface area contributed by atoms with Crippen molar-refractivity contribution in [1.82, 2.24) is 0 Å². The zero-order chi connectivity index (χ0) is 11.5. The predicted molar refractivity (Wildman–Crippen MR) is 59.2 cm³/mol. The largest absolute Gasteiger partial charge is 0.400 e. The molecule has 3 N–H and O–H groups in total. The molecule has 0 bridgehead atoms. The minimum absolute atomic E-state index is 0.106. The van der Waals surface area contributed by atoms with Crippen molar-refractivity contribution < 1.29 is 9.50 Å². The van der Waals surface area contributed by atoms with Crippen molar-refractivity contribution in [2.45, 2.75) is 25.2 Å². The van der Waals surface area contributed by atoms with Crippen molar-refractivity contribution in [3.05, 3.63) is 35.1 Å². The molecule has 1 saturated carbocycles. The highest BCUT2D eigenvalue weighted by Crippen LogP contribution is 2.47. The van der Waals surface area contributed by atoms with Gasteiger partial charge in [-0.2, -0.15) is 0 Å². The van der Waals surface area contributed by atoms with E-state index in [1.807, 2.05) is 12.1 Å². The number of nitrogens with two attached hydrogens (primary N) is 1. The summed E-state index contributed by atoms with van der Waals surface area (Å²) in [6.07, 6.45) is 2.21. The number of aliphatic hydroxyl groups excluding tert-OH is 1. The van der Waals surface area contributed by atoms with Crippen LogP contribution in [0, 0.1) is 12.7 Å². The predicted octanol–water partition coefficient (Wildman–Crippen LogP) is 1.73. The summed E-state index contributed by atoms with van der Waals surface area (Å²) in [6, 6.07) is 5.47. The highest BCUT2D eigenvalue weighted by Gasteiger charge is 2.42. The fourth-order valence-corrected chi connectivity index (χ4v) is 1.68. The molecule has 1 aromatic carbocycles. The van der Waals surface area contributed by atoms with Crippen LogP contribution in [0.4, 0.5) is 4.39 Å². The minimum Gasteiger partial charge on any atom is -0.400 e. The molecule has 3 heteroatoms. The molecule has 0 aliphatic heterocycles. The van der Waals surface area contributed by atoms with Crippen molar-refractivity contribution in [3.8, 4) is 0 Å². The molecule has 1 aliphatic rings. The fraction of sp³-hybridized carbons (Fsp3) is 0.500. The molecule has 1 fully saturated rings. The van der Waals surface area contributed by atoms with Gasteiger partial charge >= 0.3 is 0 Å². The number of hydrogen-bond acceptors (Lipinski definition) is 2. The lowest BCUT2D eigenvalue weighted by molar-refractivity contribution is 0.399. The molecule has 0 aromatic heterocycles. The van der Waals surface area contributed by atoms with E-state index in [1.54, 1.807) is 13.0 Å². The molecule has 84 valence electrons. The van der Waals surface area contributed by atoms with Crippen LogP contribution in [0.15, 0.2) is 18.2 Å². The Morgan fingerprint density at radius 1 is 1.40 bits per heavy atom. The Labute approximate surface area is 89.9 Å². The first-order chi connectivity index (χ1) is 7.18. The Morgan fingerprint density at radius 3 is 2.40 bits per heavy atom. The van der Waals surface area contributed by atoms with Gasteiger partial charge in [-0.05, 0) is 37.0 Å². The summed E-state index contributed by atoms with van der Waals surface area (Å²) in [6.45, 7) is 2.41. The number of rotatable bonds is 2. The van der Waals surface area contributed by atoms with E-state index < -0.39 is 0 Å². The lowest BCUT2D eigenvalue weighted by Crippen LogP contribution is -2.19. The Morgan fingerprint density at radius 2 is 2.00 bits per heavy atom. The molecule has 0 spiro atoms. The van der Waals surface area contributed by atoms with Crippen LogP contribution in [0.5, 0.6) is 0 Å². The van der Waals surface area contributed by atoms with Crippen LogP contribution in [-0.4, -0.2) is 18.8 Å². The van der Waals surface area contributed by atoms with Gasteiger partial charge in [-0.1, -0.05) is 12.1 Å². The molecular weight excluding hydrogens is 193 g/mol. The van der Waals surface area contributed by atoms with E-state index in [0.717, 1.165) is 25.5 Å². The van der Waals surface area contributed by atoms with Crippen molar-refractivity contribution >= 4 is 0 Å². The van der Waals surface area contributed by atoms with Gasteiger partial charge in [0.2, 0.25) is 0 Å². The zero-order valence-electron chi connectivity index (χ0n) is 9.26. The van der Waals surface area contributed by atoms with Crippen LogP contribution in [-0.2, 0) is 5.41 Å². The van der Waals surface area contributed by atoms with Gasteiger partial charge in [-0.15, -0.1) is 0 Å². The number of aryl methyl sites for hydroxylation is 1. The summed E-state index contributed by atoms with van der Waals surface area (Å²) in [7, 11) is 1.00. The molecule has 0 unspecified atom stereocenters. The second-order valence-corrected chi connectivity index (χ2v) is 3.95. The standard InChI is InChI=1S/C11H14FN.CH4O/c1-8-2-3-9(6-10(8)12)11(7-13)4-5-11;1-2/h2-3,6H,4-5,7,13H2,1H3;2H,1H3. The Bertz CT molecular complexity index is 334. The van der Waals surface area contributed by atoms with E-state index in [-0.39, 0.29) is 11.2 Å². The second kappa shape index (κ2) is 4.73. The first-order valence-corrected chi connectivity index (χ1v) is 5.09. The lowest BCUT2D eigenvalue weighted by Gasteiger charge is -2.13. The van der Waals surface area contributed by atoms with Crippen molar-refractivity contribution in [1.29, 1.82) is 0 Å². The molecule has 0 radical (unpaired) electrons. The fourth-order valence-electron chi connectivity index (χ4n) is 1.68. The first-order valence-electron chi connectivity index (χ1n) is 5.09. The monoisotopic (exact) mass is 211 g/mol. The third kappa shape index (κ3) is 2.36. The number of halogens is 1. The third-order valence-corrected chi connectivity index (χ3v) is 3.03. The normalized spacial score (nSPS) is 16.6. The van der Waals surface area contributed by atoms with Crippen molar-refractivity contribution in [3.63, 3.8) is 0 Å². The van der Waals surface area contributed by atoms with Gasteiger partial charge in [0.15, 0.2) is 0 Å². The maximum Gasteiger partial charge on any atom is 0.126 e. The molecule has 2 rings (SSSR count). The Kier molecular flexibility index (Phi) is 3.83. The summed E-state index contributed by atoms with van der Waals surface area (Å²) in [5.41, 5.74) is 7.55. The maximum absolute atomic E-state index is 13.2. The summed E-state index contributed by atoms with van der Waals surface area (Å²) in [5.74, 6) is -0.114. The van der Waals surface area contributed by atoms with Crippen LogP contribution in [0.1, 0.15) is 24.0 Å². The van der Waals surface area contributed by atoms with Crippen LogP contribution < -0.4 is 5.73 Å². The number of hydrogen-bond donors (Lipinski definition) is 2. The van der Waals surface area contributed by atoms with Gasteiger partial charge in [-0.25, -0.2) is 4.39 Å². The van der Waals surface area contributed by atoms with Crippen LogP contribution in [0.3, 0.4) is 0 Å². The summed E-state index contributed by atoms with van der Waals surface area (Å²) >= 11 is 0. The van der Waals surface area contributed by atoms with E-state index in [1.165, 1.54) is 0 Å². The van der Waals surface area contributed by atoms with Gasteiger partial charge in [0, 0.05) is 19.1 Å². The van der Waals surface area contributed by atoms with Gasteiger partial charge in [0.1, 0.15) is 5.82 Å². The SMILES string of the molecule is CO.Cc1ccc(C2(CN)CC2)cc1F. The molecule has 15 heavy (non-hydrogen) atoms. The van der Waals surface area contributed by atoms with E-state index in [4.69, 9.17) is 10.8 Å². The Balaban J connectivity index is 0.000000531. The quantitative estimate of drug-likeness (QED) is 0.782. The molecular formula is C12H18FNO. The highest BCUT2D eigenvalue weighted by atomic mass is 19.1. The van der Waals surface area contributed by atoms with Crippen LogP contribution in [0.2, 0.25) is 0 Å². The first kappa shape index (κ1) is 12.1.